The third-order valence-corrected chi connectivity index (χ3v) is 4.21. The van der Waals surface area contributed by atoms with Gasteiger partial charge >= 0.3 is 12.4 Å². The average Bonchev–Trinajstić information content (AvgIpc) is 2.62. The largest absolute Gasteiger partial charge is 0.484 e. The van der Waals surface area contributed by atoms with Gasteiger partial charge in [0.05, 0.1) is 5.56 Å². The van der Waals surface area contributed by atoms with E-state index in [9.17, 15) is 31.1 Å². The Bertz CT molecular complexity index is 699. The highest BCUT2D eigenvalue weighted by Gasteiger charge is 2.31. The summed E-state index contributed by atoms with van der Waals surface area (Å²) in [4.78, 5) is 12.5. The Morgan fingerprint density at radius 1 is 1.10 bits per heavy atom. The molecule has 1 aliphatic rings. The Morgan fingerprint density at radius 2 is 1.73 bits per heavy atom. The summed E-state index contributed by atoms with van der Waals surface area (Å²) in [5.74, 6) is -1.47. The summed E-state index contributed by atoms with van der Waals surface area (Å²) in [5, 5.41) is 5.87. The van der Waals surface area contributed by atoms with Crippen LogP contribution in [-0.2, 0) is 0 Å². The number of benzene rings is 1. The number of hydrogen-bond acceptors (Lipinski definition) is 4. The van der Waals surface area contributed by atoms with Crippen molar-refractivity contribution in [3.8, 4) is 11.5 Å². The average molecular weight is 465 g/mol. The van der Waals surface area contributed by atoms with Gasteiger partial charge in [-0.2, -0.15) is 26.3 Å². The van der Waals surface area contributed by atoms with E-state index in [-0.39, 0.29) is 42.3 Å². The van der Waals surface area contributed by atoms with E-state index in [1.54, 1.807) is 0 Å². The Hall–Kier alpha value is -1.88. The van der Waals surface area contributed by atoms with Gasteiger partial charge in [-0.1, -0.05) is 6.42 Å². The van der Waals surface area contributed by atoms with Crippen molar-refractivity contribution < 1.29 is 40.6 Å². The van der Waals surface area contributed by atoms with Crippen LogP contribution in [0.3, 0.4) is 0 Å². The van der Waals surface area contributed by atoms with Crippen molar-refractivity contribution in [1.82, 2.24) is 10.6 Å². The molecule has 2 unspecified atom stereocenters. The molecule has 0 aromatic heterocycles. The van der Waals surface area contributed by atoms with Gasteiger partial charge in [0.15, 0.2) is 13.2 Å². The molecule has 1 amide bonds. The van der Waals surface area contributed by atoms with Crippen LogP contribution in [0.5, 0.6) is 11.5 Å². The molecule has 1 aromatic rings. The lowest BCUT2D eigenvalue weighted by molar-refractivity contribution is -0.154. The van der Waals surface area contributed by atoms with Crippen molar-refractivity contribution in [2.75, 3.05) is 19.8 Å². The first-order valence-electron chi connectivity index (χ1n) is 9.00. The van der Waals surface area contributed by atoms with E-state index in [2.05, 4.69) is 20.1 Å². The molecule has 2 rings (SSSR count). The van der Waals surface area contributed by atoms with Crippen LogP contribution in [0, 0.1) is 0 Å². The summed E-state index contributed by atoms with van der Waals surface area (Å²) >= 11 is 0. The molecule has 0 aliphatic carbocycles. The maximum Gasteiger partial charge on any atom is 0.422 e. The monoisotopic (exact) mass is 464 g/mol. The molecule has 12 heteroatoms. The summed E-state index contributed by atoms with van der Waals surface area (Å²) in [6.45, 7) is -1.02. The fourth-order valence-electron chi connectivity index (χ4n) is 2.94. The number of amides is 1. The van der Waals surface area contributed by atoms with Crippen LogP contribution in [-0.4, -0.2) is 50.1 Å². The smallest absolute Gasteiger partial charge is 0.422 e. The number of carbonyl (C=O) groups is 1. The first-order valence-corrected chi connectivity index (χ1v) is 9.00. The van der Waals surface area contributed by atoms with E-state index in [1.165, 1.54) is 0 Å². The lowest BCUT2D eigenvalue weighted by atomic mass is 9.99. The number of carbonyl (C=O) groups excluding carboxylic acids is 1. The van der Waals surface area contributed by atoms with E-state index >= 15 is 0 Å². The van der Waals surface area contributed by atoms with Gasteiger partial charge < -0.3 is 20.1 Å². The van der Waals surface area contributed by atoms with Crippen molar-refractivity contribution >= 4 is 18.3 Å². The molecule has 5 nitrogen and oxygen atoms in total. The summed E-state index contributed by atoms with van der Waals surface area (Å²) in [6.07, 6.45) is -6.46. The summed E-state index contributed by atoms with van der Waals surface area (Å²) in [6, 6.07) is 3.19. The van der Waals surface area contributed by atoms with Crippen LogP contribution in [0.2, 0.25) is 0 Å². The van der Waals surface area contributed by atoms with Crippen LogP contribution in [0.1, 0.15) is 36.5 Å². The Labute approximate surface area is 175 Å². The highest BCUT2D eigenvalue weighted by atomic mass is 35.5. The predicted octanol–water partition coefficient (Wildman–Crippen LogP) is 4.25. The van der Waals surface area contributed by atoms with Crippen LogP contribution in [0.15, 0.2) is 18.2 Å². The molecule has 2 atom stereocenters. The van der Waals surface area contributed by atoms with Crippen LogP contribution >= 0.6 is 12.4 Å². The standard InChI is InChI=1S/C18H22F6N2O3.ClH/c1-11-3-2-4-12(26-11)8-25-16(27)14-7-13(28-9-17(19,20)21)5-6-15(14)29-10-18(22,23)24;/h5-7,11-12,26H,2-4,8-10H2,1H3,(H,25,27);1H. The molecular formula is C18H23ClF6N2O3. The summed E-state index contributed by atoms with van der Waals surface area (Å²) < 4.78 is 83.6. The maximum atomic E-state index is 12.5. The second-order valence-electron chi connectivity index (χ2n) is 6.87. The van der Waals surface area contributed by atoms with Gasteiger partial charge in [-0.05, 0) is 38.0 Å². The normalized spacial score (nSPS) is 19.6. The second kappa shape index (κ2) is 10.9. The third-order valence-electron chi connectivity index (χ3n) is 4.21. The van der Waals surface area contributed by atoms with Crippen LogP contribution in [0.25, 0.3) is 0 Å². The number of ether oxygens (including phenoxy) is 2. The third kappa shape index (κ3) is 9.29. The predicted molar refractivity (Wildman–Crippen MR) is 99.4 cm³/mol. The minimum absolute atomic E-state index is 0. The molecule has 0 bridgehead atoms. The van der Waals surface area contributed by atoms with E-state index in [0.29, 0.717) is 0 Å². The highest BCUT2D eigenvalue weighted by Crippen LogP contribution is 2.28. The van der Waals surface area contributed by atoms with Gasteiger partial charge in [-0.15, -0.1) is 12.4 Å². The molecule has 2 N–H and O–H groups in total. The molecule has 30 heavy (non-hydrogen) atoms. The fourth-order valence-corrected chi connectivity index (χ4v) is 2.94. The summed E-state index contributed by atoms with van der Waals surface area (Å²) in [5.41, 5.74) is -0.335. The summed E-state index contributed by atoms with van der Waals surface area (Å²) in [7, 11) is 0. The Balaban J connectivity index is 0.00000450. The van der Waals surface area contributed by atoms with E-state index in [0.717, 1.165) is 37.5 Å². The number of hydrogen-bond donors (Lipinski definition) is 2. The molecule has 0 radical (unpaired) electrons. The van der Waals surface area contributed by atoms with Crippen molar-refractivity contribution in [1.29, 1.82) is 0 Å². The van der Waals surface area contributed by atoms with Gasteiger partial charge in [-0.3, -0.25) is 4.79 Å². The van der Waals surface area contributed by atoms with Crippen molar-refractivity contribution in [3.05, 3.63) is 23.8 Å². The molecule has 1 heterocycles. The Kier molecular flexibility index (Phi) is 9.54. The lowest BCUT2D eigenvalue weighted by Crippen LogP contribution is -2.47. The van der Waals surface area contributed by atoms with E-state index in [4.69, 9.17) is 0 Å². The number of nitrogens with one attached hydrogen (secondary N) is 2. The molecule has 172 valence electrons. The maximum absolute atomic E-state index is 12.5. The fraction of sp³-hybridized carbons (Fsp3) is 0.611. The SMILES string of the molecule is CC1CCCC(CNC(=O)c2cc(OCC(F)(F)F)ccc2OCC(F)(F)F)N1.Cl. The van der Waals surface area contributed by atoms with Crippen LogP contribution < -0.4 is 20.1 Å². The second-order valence-corrected chi connectivity index (χ2v) is 6.87. The van der Waals surface area contributed by atoms with Crippen molar-refractivity contribution in [2.45, 2.75) is 50.6 Å². The zero-order valence-corrected chi connectivity index (χ0v) is 16.8. The molecule has 1 fully saturated rings. The lowest BCUT2D eigenvalue weighted by Gasteiger charge is -2.29. The zero-order valence-electron chi connectivity index (χ0n) is 16.0. The molecular weight excluding hydrogens is 442 g/mol. The topological polar surface area (TPSA) is 59.6 Å². The van der Waals surface area contributed by atoms with Gasteiger partial charge in [0.1, 0.15) is 11.5 Å². The quantitative estimate of drug-likeness (QED) is 0.592. The Morgan fingerprint density at radius 3 is 2.33 bits per heavy atom. The van der Waals surface area contributed by atoms with E-state index < -0.39 is 37.2 Å². The number of halogens is 7. The number of alkyl halides is 6. The van der Waals surface area contributed by atoms with Gasteiger partial charge in [0.2, 0.25) is 0 Å². The van der Waals surface area contributed by atoms with Gasteiger partial charge in [0.25, 0.3) is 5.91 Å². The minimum Gasteiger partial charge on any atom is -0.484 e. The van der Waals surface area contributed by atoms with Gasteiger partial charge in [-0.25, -0.2) is 0 Å². The minimum atomic E-state index is -4.64. The molecule has 0 saturated carbocycles. The molecule has 1 saturated heterocycles. The molecule has 1 aliphatic heterocycles. The number of piperidine rings is 1. The first kappa shape index (κ1) is 26.2. The van der Waals surface area contributed by atoms with Crippen LogP contribution in [0.4, 0.5) is 26.3 Å². The zero-order chi connectivity index (χ0) is 21.7. The first-order chi connectivity index (χ1) is 13.4. The number of rotatable bonds is 7. The molecule has 1 aromatic carbocycles. The molecule has 0 spiro atoms. The van der Waals surface area contributed by atoms with Gasteiger partial charge in [0, 0.05) is 18.6 Å². The highest BCUT2D eigenvalue weighted by molar-refractivity contribution is 5.97. The van der Waals surface area contributed by atoms with Crippen molar-refractivity contribution in [2.24, 2.45) is 0 Å². The van der Waals surface area contributed by atoms with E-state index in [1.807, 2.05) is 6.92 Å². The van der Waals surface area contributed by atoms with Crippen molar-refractivity contribution in [3.63, 3.8) is 0 Å².